The Morgan fingerprint density at radius 2 is 1.00 bits per heavy atom. The molecule has 112 valence electrons. The summed E-state index contributed by atoms with van der Waals surface area (Å²) in [5.41, 5.74) is 0. The van der Waals surface area contributed by atoms with Gasteiger partial charge in [-0.1, -0.05) is 97.8 Å². The Kier molecular flexibility index (Phi) is 4.83. The quantitative estimate of drug-likeness (QED) is 0.645. The van der Waals surface area contributed by atoms with E-state index in [-0.39, 0.29) is 0 Å². The maximum Gasteiger partial charge on any atom is 0.0729 e. The topological polar surface area (TPSA) is 0 Å². The third-order valence-corrected chi connectivity index (χ3v) is 21.0. The van der Waals surface area contributed by atoms with Gasteiger partial charge < -0.3 is 0 Å². The van der Waals surface area contributed by atoms with E-state index in [0.29, 0.717) is 15.1 Å². The first-order valence-corrected chi connectivity index (χ1v) is 11.7. The largest absolute Gasteiger partial charge is 0.0729 e. The molecule has 0 aliphatic heterocycles. The molecule has 2 radical (unpaired) electrons. The predicted molar refractivity (Wildman–Crippen MR) is 96.7 cm³/mol. The lowest BCUT2D eigenvalue weighted by atomic mass is 10.2. The van der Waals surface area contributed by atoms with E-state index < -0.39 is 7.59 Å². The van der Waals surface area contributed by atoms with Crippen LogP contribution in [0.15, 0.2) is 30.3 Å². The molecule has 2 heteroatoms. The van der Waals surface area contributed by atoms with Crippen LogP contribution in [-0.4, -0.2) is 16.6 Å². The molecule has 0 aliphatic carbocycles. The van der Waals surface area contributed by atoms with Crippen molar-refractivity contribution in [3.8, 4) is 0 Å². The van der Waals surface area contributed by atoms with E-state index in [1.165, 1.54) is 0 Å². The summed E-state index contributed by atoms with van der Waals surface area (Å²) in [6.45, 7) is 22.3. The van der Waals surface area contributed by atoms with Gasteiger partial charge in [0.1, 0.15) is 0 Å². The van der Waals surface area contributed by atoms with Gasteiger partial charge in [-0.2, -0.15) is 0 Å². The SMILES string of the molecule is CC(C)(C)[Si]([Si]c1ccccc1)(C(C)(C)C)C(C)(C)C. The Balaban J connectivity index is 3.48. The molecule has 0 aromatic heterocycles. The highest BCUT2D eigenvalue weighted by Gasteiger charge is 2.59. The summed E-state index contributed by atoms with van der Waals surface area (Å²) in [5, 5.41) is 2.70. The van der Waals surface area contributed by atoms with E-state index in [0.717, 1.165) is 9.04 Å². The number of hydrogen-bond acceptors (Lipinski definition) is 0. The van der Waals surface area contributed by atoms with E-state index in [2.05, 4.69) is 92.6 Å². The third-order valence-electron chi connectivity index (χ3n) is 4.48. The summed E-state index contributed by atoms with van der Waals surface area (Å²) >= 11 is 0. The average Bonchev–Trinajstić information content (AvgIpc) is 2.22. The molecule has 0 atom stereocenters. The van der Waals surface area contributed by atoms with Gasteiger partial charge in [0, 0.05) is 0 Å². The normalized spacial score (nSPS) is 14.4. The van der Waals surface area contributed by atoms with Crippen molar-refractivity contribution in [2.45, 2.75) is 77.4 Å². The first-order chi connectivity index (χ1) is 8.83. The van der Waals surface area contributed by atoms with Gasteiger partial charge in [0.2, 0.25) is 0 Å². The standard InChI is InChI=1S/C18H32Si2/c1-16(2,3)20(17(4,5)6,18(7,8)9)19-15-13-11-10-12-14-15/h10-14H,1-9H3. The van der Waals surface area contributed by atoms with Crippen LogP contribution >= 0.6 is 0 Å². The zero-order valence-electron chi connectivity index (χ0n) is 14.9. The fourth-order valence-electron chi connectivity index (χ4n) is 4.68. The minimum Gasteiger partial charge on any atom is -0.0671 e. The minimum atomic E-state index is -1.61. The van der Waals surface area contributed by atoms with Gasteiger partial charge in [-0.25, -0.2) is 0 Å². The van der Waals surface area contributed by atoms with Crippen LogP contribution in [0, 0.1) is 0 Å². The number of benzene rings is 1. The van der Waals surface area contributed by atoms with Crippen molar-refractivity contribution in [2.75, 3.05) is 0 Å². The second kappa shape index (κ2) is 5.45. The van der Waals surface area contributed by atoms with Gasteiger partial charge in [0.05, 0.1) is 16.6 Å². The molecule has 0 N–H and O–H groups in total. The first kappa shape index (κ1) is 17.7. The van der Waals surface area contributed by atoms with Crippen LogP contribution in [-0.2, 0) is 0 Å². The van der Waals surface area contributed by atoms with Gasteiger partial charge in [-0.15, -0.1) is 0 Å². The predicted octanol–water partition coefficient (Wildman–Crippen LogP) is 5.36. The van der Waals surface area contributed by atoms with Crippen molar-refractivity contribution in [2.24, 2.45) is 0 Å². The number of hydrogen-bond donors (Lipinski definition) is 0. The Labute approximate surface area is 130 Å². The molecular weight excluding hydrogens is 272 g/mol. The maximum atomic E-state index is 2.48. The average molecular weight is 305 g/mol. The van der Waals surface area contributed by atoms with Crippen molar-refractivity contribution < 1.29 is 0 Å². The van der Waals surface area contributed by atoms with Crippen molar-refractivity contribution in [3.05, 3.63) is 30.3 Å². The molecule has 1 aromatic rings. The van der Waals surface area contributed by atoms with Crippen LogP contribution in [0.2, 0.25) is 15.1 Å². The highest BCUT2D eigenvalue weighted by atomic mass is 29.2. The van der Waals surface area contributed by atoms with Gasteiger partial charge in [-0.3, -0.25) is 0 Å². The highest BCUT2D eigenvalue weighted by molar-refractivity contribution is 7.32. The fraction of sp³-hybridized carbons (Fsp3) is 0.667. The summed E-state index contributed by atoms with van der Waals surface area (Å²) in [6, 6.07) is 11.2. The van der Waals surface area contributed by atoms with Crippen LogP contribution in [0.5, 0.6) is 0 Å². The molecule has 0 fully saturated rings. The summed E-state index contributed by atoms with van der Waals surface area (Å²) in [7, 11) is -0.654. The maximum absolute atomic E-state index is 2.48. The highest BCUT2D eigenvalue weighted by Crippen LogP contribution is 2.61. The Bertz CT molecular complexity index is 391. The van der Waals surface area contributed by atoms with Crippen molar-refractivity contribution in [3.63, 3.8) is 0 Å². The second-order valence-electron chi connectivity index (χ2n) is 8.99. The Hall–Kier alpha value is -0.346. The lowest BCUT2D eigenvalue weighted by molar-refractivity contribution is 0.556. The second-order valence-corrected chi connectivity index (χ2v) is 18.8. The molecular formula is C18H32Si2. The smallest absolute Gasteiger partial charge is 0.0671 e. The van der Waals surface area contributed by atoms with Crippen LogP contribution in [0.3, 0.4) is 0 Å². The molecule has 1 rings (SSSR count). The Morgan fingerprint density at radius 1 is 0.650 bits per heavy atom. The van der Waals surface area contributed by atoms with Crippen LogP contribution in [0.25, 0.3) is 0 Å². The lowest BCUT2D eigenvalue weighted by Gasteiger charge is -2.59. The monoisotopic (exact) mass is 304 g/mol. The van der Waals surface area contributed by atoms with E-state index in [4.69, 9.17) is 0 Å². The zero-order chi connectivity index (χ0) is 15.8. The van der Waals surface area contributed by atoms with Crippen LogP contribution in [0.4, 0.5) is 0 Å². The number of rotatable bonds is 2. The van der Waals surface area contributed by atoms with Gasteiger partial charge in [0.25, 0.3) is 0 Å². The summed E-state index contributed by atoms with van der Waals surface area (Å²) < 4.78 is 0. The molecule has 0 amide bonds. The first-order valence-electron chi connectivity index (χ1n) is 7.66. The molecule has 0 spiro atoms. The molecule has 0 nitrogen and oxygen atoms in total. The van der Waals surface area contributed by atoms with E-state index >= 15 is 0 Å². The summed E-state index contributed by atoms with van der Waals surface area (Å²) in [4.78, 5) is 0. The molecule has 0 aliphatic rings. The minimum absolute atomic E-state index is 0.387. The molecule has 20 heavy (non-hydrogen) atoms. The van der Waals surface area contributed by atoms with Crippen molar-refractivity contribution in [1.29, 1.82) is 0 Å². The third kappa shape index (κ3) is 3.11. The summed E-state index contributed by atoms with van der Waals surface area (Å²) in [5.74, 6) is 0. The summed E-state index contributed by atoms with van der Waals surface area (Å²) in [6.07, 6.45) is 0. The Morgan fingerprint density at radius 3 is 1.30 bits per heavy atom. The van der Waals surface area contributed by atoms with Crippen molar-refractivity contribution >= 4 is 21.8 Å². The van der Waals surface area contributed by atoms with Gasteiger partial charge in [-0.05, 0) is 15.1 Å². The van der Waals surface area contributed by atoms with Crippen LogP contribution in [0.1, 0.15) is 62.3 Å². The van der Waals surface area contributed by atoms with E-state index in [1.807, 2.05) is 0 Å². The lowest BCUT2D eigenvalue weighted by Crippen LogP contribution is -2.65. The molecule has 0 heterocycles. The van der Waals surface area contributed by atoms with Crippen LogP contribution < -0.4 is 5.19 Å². The molecule has 1 aromatic carbocycles. The molecule has 0 saturated heterocycles. The van der Waals surface area contributed by atoms with Gasteiger partial charge >= 0.3 is 0 Å². The fourth-order valence-corrected chi connectivity index (χ4v) is 18.5. The molecule has 0 saturated carbocycles. The van der Waals surface area contributed by atoms with Crippen molar-refractivity contribution in [1.82, 2.24) is 0 Å². The zero-order valence-corrected chi connectivity index (χ0v) is 16.9. The molecule has 0 bridgehead atoms. The van der Waals surface area contributed by atoms with E-state index in [1.54, 1.807) is 5.19 Å². The van der Waals surface area contributed by atoms with Gasteiger partial charge in [0.15, 0.2) is 0 Å². The molecule has 0 unspecified atom stereocenters. The van der Waals surface area contributed by atoms with E-state index in [9.17, 15) is 0 Å².